The fourth-order valence-corrected chi connectivity index (χ4v) is 7.26. The summed E-state index contributed by atoms with van der Waals surface area (Å²) in [5.41, 5.74) is 2.11. The SMILES string of the molecule is CC(C)c1nc(Cc2c(Oc3cccc([N+](=O)[O-])c3Cc3nc(C(C)C)c(CCl)s3)cccc2[N+](=O)[O-])sc1CCl. The van der Waals surface area contributed by atoms with Crippen molar-refractivity contribution in [3.05, 3.63) is 98.9 Å². The van der Waals surface area contributed by atoms with Crippen LogP contribution in [0.1, 0.15) is 81.8 Å². The van der Waals surface area contributed by atoms with Gasteiger partial charge >= 0.3 is 0 Å². The van der Waals surface area contributed by atoms with Gasteiger partial charge < -0.3 is 4.74 Å². The zero-order valence-corrected chi connectivity index (χ0v) is 26.0. The summed E-state index contributed by atoms with van der Waals surface area (Å²) >= 11 is 15.1. The number of hydrogen-bond donors (Lipinski definition) is 0. The van der Waals surface area contributed by atoms with E-state index in [0.717, 1.165) is 21.1 Å². The van der Waals surface area contributed by atoms with Gasteiger partial charge in [-0.1, -0.05) is 39.8 Å². The Labute approximate surface area is 255 Å². The van der Waals surface area contributed by atoms with E-state index >= 15 is 0 Å². The van der Waals surface area contributed by atoms with E-state index < -0.39 is 9.85 Å². The summed E-state index contributed by atoms with van der Waals surface area (Å²) in [4.78, 5) is 34.4. The second kappa shape index (κ2) is 13.2. The molecule has 2 heterocycles. The fourth-order valence-electron chi connectivity index (χ4n) is 4.49. The molecular weight excluding hydrogens is 607 g/mol. The molecule has 4 aromatic rings. The lowest BCUT2D eigenvalue weighted by Gasteiger charge is -2.14. The first kappa shape index (κ1) is 30.8. The molecule has 0 unspecified atom stereocenters. The average molecular weight is 636 g/mol. The lowest BCUT2D eigenvalue weighted by atomic mass is 10.1. The van der Waals surface area contributed by atoms with E-state index in [1.165, 1.54) is 46.9 Å². The third kappa shape index (κ3) is 6.86. The Kier molecular flexibility index (Phi) is 9.96. The van der Waals surface area contributed by atoms with Gasteiger partial charge in [-0.05, 0) is 24.0 Å². The molecule has 0 spiro atoms. The standard InChI is InChI=1S/C28H28Cl2N4O5S2/c1-15(2)27-23(13-29)40-25(31-27)11-17-19(33(35)36)7-5-9-21(17)39-22-10-6-8-20(34(37)38)18(22)12-26-32-28(16(3)4)24(14-30)41-26/h5-10,15-16H,11-14H2,1-4H3. The number of aromatic nitrogens is 2. The highest BCUT2D eigenvalue weighted by Gasteiger charge is 2.26. The van der Waals surface area contributed by atoms with Crippen LogP contribution < -0.4 is 4.74 Å². The van der Waals surface area contributed by atoms with Gasteiger partial charge in [-0.3, -0.25) is 20.2 Å². The van der Waals surface area contributed by atoms with E-state index in [2.05, 4.69) is 0 Å². The van der Waals surface area contributed by atoms with Crippen LogP contribution >= 0.6 is 45.9 Å². The number of hydrogen-bond acceptors (Lipinski definition) is 9. The summed E-state index contributed by atoms with van der Waals surface area (Å²) in [6, 6.07) is 9.12. The number of benzene rings is 2. The zero-order valence-electron chi connectivity index (χ0n) is 22.8. The van der Waals surface area contributed by atoms with E-state index in [-0.39, 0.29) is 47.6 Å². The summed E-state index contributed by atoms with van der Waals surface area (Å²) in [5.74, 6) is 1.32. The number of nitro groups is 2. The normalized spacial score (nSPS) is 11.4. The summed E-state index contributed by atoms with van der Waals surface area (Å²) in [6.45, 7) is 8.06. The highest BCUT2D eigenvalue weighted by molar-refractivity contribution is 7.12. The van der Waals surface area contributed by atoms with E-state index in [1.807, 2.05) is 27.7 Å². The van der Waals surface area contributed by atoms with Crippen molar-refractivity contribution in [2.24, 2.45) is 0 Å². The molecule has 216 valence electrons. The Morgan fingerprint density at radius 1 is 0.756 bits per heavy atom. The van der Waals surface area contributed by atoms with Gasteiger partial charge in [0, 0.05) is 34.7 Å². The van der Waals surface area contributed by atoms with Crippen LogP contribution in [0.2, 0.25) is 0 Å². The molecule has 2 aromatic heterocycles. The topological polar surface area (TPSA) is 121 Å². The molecule has 0 N–H and O–H groups in total. The minimum absolute atomic E-state index is 0.128. The van der Waals surface area contributed by atoms with Crippen molar-refractivity contribution in [3.8, 4) is 11.5 Å². The van der Waals surface area contributed by atoms with E-state index in [4.69, 9.17) is 37.9 Å². The van der Waals surface area contributed by atoms with E-state index in [0.29, 0.717) is 32.9 Å². The van der Waals surface area contributed by atoms with Gasteiger partial charge in [0.15, 0.2) is 0 Å². The first-order valence-corrected chi connectivity index (χ1v) is 15.5. The molecule has 0 saturated carbocycles. The number of nitro benzene ring substituents is 2. The van der Waals surface area contributed by atoms with Crippen molar-refractivity contribution in [2.75, 3.05) is 0 Å². The number of ether oxygens (including phenoxy) is 1. The third-order valence-corrected chi connectivity index (χ3v) is 9.36. The minimum atomic E-state index is -0.466. The average Bonchev–Trinajstić information content (AvgIpc) is 3.54. The van der Waals surface area contributed by atoms with Crippen LogP contribution in [0.15, 0.2) is 36.4 Å². The van der Waals surface area contributed by atoms with Gasteiger partial charge in [-0.2, -0.15) is 0 Å². The smallest absolute Gasteiger partial charge is 0.276 e. The number of thiazole rings is 2. The molecule has 0 fully saturated rings. The molecule has 0 aliphatic carbocycles. The molecule has 0 radical (unpaired) electrons. The predicted molar refractivity (Wildman–Crippen MR) is 163 cm³/mol. The lowest BCUT2D eigenvalue weighted by Crippen LogP contribution is -2.03. The number of nitrogens with zero attached hydrogens (tertiary/aromatic N) is 4. The summed E-state index contributed by atoms with van der Waals surface area (Å²) in [7, 11) is 0. The highest BCUT2D eigenvalue weighted by atomic mass is 35.5. The molecule has 13 heteroatoms. The molecule has 9 nitrogen and oxygen atoms in total. The molecule has 0 amide bonds. The van der Waals surface area contributed by atoms with E-state index in [1.54, 1.807) is 12.1 Å². The largest absolute Gasteiger partial charge is 0.456 e. The Bertz CT molecular complexity index is 1470. The third-order valence-electron chi connectivity index (χ3n) is 6.37. The van der Waals surface area contributed by atoms with Gasteiger partial charge in [-0.25, -0.2) is 9.97 Å². The van der Waals surface area contributed by atoms with Gasteiger partial charge in [0.2, 0.25) is 0 Å². The molecule has 0 atom stereocenters. The predicted octanol–water partition coefficient (Wildman–Crippen LogP) is 9.11. The molecule has 0 saturated heterocycles. The van der Waals surface area contributed by atoms with E-state index in [9.17, 15) is 20.2 Å². The van der Waals surface area contributed by atoms with Crippen LogP contribution in [-0.4, -0.2) is 19.8 Å². The van der Waals surface area contributed by atoms with Crippen LogP contribution in [0.25, 0.3) is 0 Å². The number of alkyl halides is 2. The van der Waals surface area contributed by atoms with Crippen molar-refractivity contribution >= 4 is 57.3 Å². The second-order valence-corrected chi connectivity index (χ2v) is 12.8. The Morgan fingerprint density at radius 2 is 1.15 bits per heavy atom. The fraction of sp³-hybridized carbons (Fsp3) is 0.357. The molecule has 0 aliphatic rings. The maximum absolute atomic E-state index is 12.0. The molecule has 4 rings (SSSR count). The number of rotatable bonds is 12. The van der Waals surface area contributed by atoms with Crippen molar-refractivity contribution in [2.45, 2.75) is 64.1 Å². The maximum atomic E-state index is 12.0. The van der Waals surface area contributed by atoms with Crippen molar-refractivity contribution in [1.82, 2.24) is 9.97 Å². The van der Waals surface area contributed by atoms with Crippen LogP contribution in [-0.2, 0) is 24.6 Å². The highest BCUT2D eigenvalue weighted by Crippen LogP contribution is 2.40. The molecule has 0 bridgehead atoms. The zero-order chi connectivity index (χ0) is 29.8. The minimum Gasteiger partial charge on any atom is -0.456 e. The van der Waals surface area contributed by atoms with Crippen LogP contribution in [0.5, 0.6) is 11.5 Å². The number of halogens is 2. The Hall–Kier alpha value is -3.12. The second-order valence-electron chi connectivity index (χ2n) is 9.89. The maximum Gasteiger partial charge on any atom is 0.276 e. The first-order valence-electron chi connectivity index (χ1n) is 12.8. The van der Waals surface area contributed by atoms with Crippen LogP contribution in [0, 0.1) is 20.2 Å². The van der Waals surface area contributed by atoms with Crippen molar-refractivity contribution in [1.29, 1.82) is 0 Å². The van der Waals surface area contributed by atoms with Gasteiger partial charge in [0.05, 0.1) is 54.1 Å². The molecule has 2 aromatic carbocycles. The Morgan fingerprint density at radius 3 is 1.44 bits per heavy atom. The Balaban J connectivity index is 1.79. The first-order chi connectivity index (χ1) is 19.5. The summed E-state index contributed by atoms with van der Waals surface area (Å²) in [6.07, 6.45) is 0.280. The van der Waals surface area contributed by atoms with Crippen LogP contribution in [0.3, 0.4) is 0 Å². The van der Waals surface area contributed by atoms with Gasteiger partial charge in [0.1, 0.15) is 11.5 Å². The molecule has 0 aliphatic heterocycles. The monoisotopic (exact) mass is 634 g/mol. The van der Waals surface area contributed by atoms with Crippen molar-refractivity contribution in [3.63, 3.8) is 0 Å². The molecule has 41 heavy (non-hydrogen) atoms. The summed E-state index contributed by atoms with van der Waals surface area (Å²) in [5, 5.41) is 25.4. The lowest BCUT2D eigenvalue weighted by molar-refractivity contribution is -0.385. The summed E-state index contributed by atoms with van der Waals surface area (Å²) < 4.78 is 6.28. The van der Waals surface area contributed by atoms with Gasteiger partial charge in [-0.15, -0.1) is 45.9 Å². The van der Waals surface area contributed by atoms with Crippen molar-refractivity contribution < 1.29 is 14.6 Å². The quantitative estimate of drug-likeness (QED) is 0.0864. The molecular formula is C28H28Cl2N4O5S2. The van der Waals surface area contributed by atoms with Crippen LogP contribution in [0.4, 0.5) is 11.4 Å². The van der Waals surface area contributed by atoms with Gasteiger partial charge in [0.25, 0.3) is 11.4 Å².